The first-order valence-corrected chi connectivity index (χ1v) is 26.5. The van der Waals surface area contributed by atoms with Gasteiger partial charge in [0.05, 0.1) is 32.0 Å². The first kappa shape index (κ1) is 63.0. The highest BCUT2D eigenvalue weighted by atomic mass is 16.7. The van der Waals surface area contributed by atoms with Crippen LogP contribution >= 0.6 is 0 Å². The lowest BCUT2D eigenvalue weighted by atomic mass is 9.97. The van der Waals surface area contributed by atoms with Crippen molar-refractivity contribution in [3.8, 4) is 0 Å². The van der Waals surface area contributed by atoms with Crippen LogP contribution in [0.3, 0.4) is 0 Å². The fraction of sp³-hybridized carbons (Fsp3) is 0.696. The number of rotatable bonds is 39. The van der Waals surface area contributed by atoms with Crippen LogP contribution < -0.4 is 5.32 Å². The first-order chi connectivity index (χ1) is 34.1. The second-order valence-electron chi connectivity index (χ2n) is 18.3. The number of unbranched alkanes of at least 4 members (excludes halogenated alkanes) is 12. The van der Waals surface area contributed by atoms with Gasteiger partial charge in [0.25, 0.3) is 0 Å². The van der Waals surface area contributed by atoms with Crippen LogP contribution in [0, 0.1) is 0 Å². The Morgan fingerprint density at radius 1 is 0.529 bits per heavy atom. The molecule has 2 heterocycles. The van der Waals surface area contributed by atoms with Crippen molar-refractivity contribution in [2.45, 2.75) is 229 Å². The van der Waals surface area contributed by atoms with Gasteiger partial charge < -0.3 is 65.1 Å². The van der Waals surface area contributed by atoms with Crippen LogP contribution in [0.2, 0.25) is 0 Å². The lowest BCUT2D eigenvalue weighted by Crippen LogP contribution is -2.65. The van der Waals surface area contributed by atoms with E-state index < -0.39 is 86.8 Å². The lowest BCUT2D eigenvalue weighted by Gasteiger charge is -2.46. The van der Waals surface area contributed by atoms with Gasteiger partial charge in [-0.2, -0.15) is 0 Å². The molecule has 400 valence electrons. The van der Waals surface area contributed by atoms with E-state index in [-0.39, 0.29) is 18.9 Å². The van der Waals surface area contributed by atoms with Crippen molar-refractivity contribution >= 4 is 5.91 Å². The van der Waals surface area contributed by atoms with E-state index in [2.05, 4.69) is 104 Å². The molecule has 2 rings (SSSR count). The van der Waals surface area contributed by atoms with Gasteiger partial charge in [-0.1, -0.05) is 169 Å². The van der Waals surface area contributed by atoms with E-state index in [1.807, 2.05) is 6.08 Å². The molecule has 2 aliphatic rings. The summed E-state index contributed by atoms with van der Waals surface area (Å²) in [6.07, 6.45) is 39.2. The summed E-state index contributed by atoms with van der Waals surface area (Å²) < 4.78 is 22.6. The SMILES string of the molecule is CC/C=C\C/C=C\C/C=C\C/C=C\C/C=C\C/C=C\CCCCCCCCCCCCC(=O)NC(COC1OC(CO)C(OC2OC(CO)C(O)C(O)C2O)C(O)C1O)C(O)/C=C/CC/C=C/CCC. The van der Waals surface area contributed by atoms with E-state index in [0.717, 1.165) is 83.5 Å². The Balaban J connectivity index is 1.67. The Hall–Kier alpha value is -3.09. The fourth-order valence-electron chi connectivity index (χ4n) is 7.96. The second kappa shape index (κ2) is 41.4. The molecule has 2 fully saturated rings. The van der Waals surface area contributed by atoms with Gasteiger partial charge in [-0.25, -0.2) is 0 Å². The van der Waals surface area contributed by atoms with Gasteiger partial charge in [0.1, 0.15) is 48.8 Å². The highest BCUT2D eigenvalue weighted by molar-refractivity contribution is 5.76. The molecule has 2 aliphatic heterocycles. The van der Waals surface area contributed by atoms with Gasteiger partial charge >= 0.3 is 0 Å². The van der Waals surface area contributed by atoms with Crippen molar-refractivity contribution in [1.82, 2.24) is 5.32 Å². The van der Waals surface area contributed by atoms with Crippen molar-refractivity contribution in [2.24, 2.45) is 0 Å². The van der Waals surface area contributed by atoms with E-state index in [4.69, 9.17) is 18.9 Å². The fourth-order valence-corrected chi connectivity index (χ4v) is 7.96. The second-order valence-corrected chi connectivity index (χ2v) is 18.3. The van der Waals surface area contributed by atoms with Crippen LogP contribution in [-0.4, -0.2) is 140 Å². The molecule has 0 aliphatic carbocycles. The molecule has 70 heavy (non-hydrogen) atoms. The van der Waals surface area contributed by atoms with Crippen molar-refractivity contribution in [2.75, 3.05) is 19.8 Å². The zero-order valence-corrected chi connectivity index (χ0v) is 42.5. The van der Waals surface area contributed by atoms with E-state index in [1.54, 1.807) is 6.08 Å². The summed E-state index contributed by atoms with van der Waals surface area (Å²) in [5.41, 5.74) is 0. The maximum absolute atomic E-state index is 13.1. The zero-order valence-electron chi connectivity index (χ0n) is 42.5. The summed E-state index contributed by atoms with van der Waals surface area (Å²) in [5, 5.41) is 86.4. The summed E-state index contributed by atoms with van der Waals surface area (Å²) in [4.78, 5) is 13.1. The van der Waals surface area contributed by atoms with Gasteiger partial charge in [-0.05, 0) is 77.0 Å². The van der Waals surface area contributed by atoms with Crippen molar-refractivity contribution in [3.63, 3.8) is 0 Å². The number of aliphatic hydroxyl groups is 8. The largest absolute Gasteiger partial charge is 0.394 e. The molecule has 0 bridgehead atoms. The zero-order chi connectivity index (χ0) is 51.0. The molecule has 12 unspecified atom stereocenters. The molecule has 0 aromatic heterocycles. The molecule has 0 aromatic carbocycles. The van der Waals surface area contributed by atoms with Crippen LogP contribution in [0.5, 0.6) is 0 Å². The molecule has 14 heteroatoms. The van der Waals surface area contributed by atoms with Crippen LogP contribution in [0.4, 0.5) is 0 Å². The number of ether oxygens (including phenoxy) is 4. The van der Waals surface area contributed by atoms with Crippen LogP contribution in [-0.2, 0) is 23.7 Å². The van der Waals surface area contributed by atoms with Gasteiger partial charge in [-0.3, -0.25) is 4.79 Å². The van der Waals surface area contributed by atoms with Crippen molar-refractivity contribution in [1.29, 1.82) is 0 Å². The molecule has 0 radical (unpaired) electrons. The van der Waals surface area contributed by atoms with Crippen LogP contribution in [0.25, 0.3) is 0 Å². The highest BCUT2D eigenvalue weighted by Gasteiger charge is 2.51. The van der Waals surface area contributed by atoms with E-state index in [0.29, 0.717) is 12.8 Å². The number of aliphatic hydroxyl groups excluding tert-OH is 8. The molecule has 0 spiro atoms. The third-order valence-electron chi connectivity index (χ3n) is 12.2. The molecule has 2 saturated heterocycles. The Labute approximate surface area is 420 Å². The van der Waals surface area contributed by atoms with Crippen molar-refractivity contribution in [3.05, 3.63) is 97.2 Å². The minimum Gasteiger partial charge on any atom is -0.394 e. The van der Waals surface area contributed by atoms with Gasteiger partial charge in [0.2, 0.25) is 5.91 Å². The lowest BCUT2D eigenvalue weighted by molar-refractivity contribution is -0.359. The average Bonchev–Trinajstić information content (AvgIpc) is 3.36. The molecule has 14 nitrogen and oxygen atoms in total. The smallest absolute Gasteiger partial charge is 0.220 e. The molecule has 0 aromatic rings. The van der Waals surface area contributed by atoms with E-state index in [1.165, 1.54) is 38.5 Å². The Kier molecular flexibility index (Phi) is 37.3. The maximum Gasteiger partial charge on any atom is 0.220 e. The molecule has 12 atom stereocenters. The van der Waals surface area contributed by atoms with E-state index in [9.17, 15) is 45.6 Å². The number of amides is 1. The Morgan fingerprint density at radius 2 is 1.00 bits per heavy atom. The summed E-state index contributed by atoms with van der Waals surface area (Å²) in [7, 11) is 0. The summed E-state index contributed by atoms with van der Waals surface area (Å²) in [5.74, 6) is -0.265. The predicted molar refractivity (Wildman–Crippen MR) is 276 cm³/mol. The third-order valence-corrected chi connectivity index (χ3v) is 12.2. The quantitative estimate of drug-likeness (QED) is 0.0215. The number of carbonyl (C=O) groups is 1. The Morgan fingerprint density at radius 3 is 1.56 bits per heavy atom. The van der Waals surface area contributed by atoms with Gasteiger partial charge in [0, 0.05) is 6.42 Å². The first-order valence-electron chi connectivity index (χ1n) is 26.5. The number of carbonyl (C=O) groups excluding carboxylic acids is 1. The van der Waals surface area contributed by atoms with Crippen LogP contribution in [0.1, 0.15) is 155 Å². The molecular formula is C56H93NO13. The molecule has 9 N–H and O–H groups in total. The number of allylic oxidation sites excluding steroid dienone is 15. The van der Waals surface area contributed by atoms with Crippen molar-refractivity contribution < 1.29 is 64.6 Å². The predicted octanol–water partition coefficient (Wildman–Crippen LogP) is 7.54. The standard InChI is InChI=1S/C56H93NO13/c1-3-5-7-9-11-12-13-14-15-16-17-18-19-20-21-22-23-24-25-26-27-28-29-30-31-32-34-36-38-40-48(61)57-44(45(60)39-37-35-33-10-8-6-4-2)43-67-55-53(66)51(64)54(47(42-59)69-55)70-56-52(65)50(63)49(62)46(41-58)68-56/h5,7-8,10-12,14-15,17-18,20-21,23-24,37,39,44-47,49-56,58-60,62-66H,3-4,6,9,13,16,19,22,25-36,38,40-43H2,1-2H3,(H,57,61)/b7-5-,10-8+,12-11-,15-14-,18-17-,21-20-,24-23-,39-37+. The average molecular weight is 988 g/mol. The van der Waals surface area contributed by atoms with E-state index >= 15 is 0 Å². The summed E-state index contributed by atoms with van der Waals surface area (Å²) >= 11 is 0. The van der Waals surface area contributed by atoms with Gasteiger partial charge in [0.15, 0.2) is 12.6 Å². The monoisotopic (exact) mass is 988 g/mol. The van der Waals surface area contributed by atoms with Crippen LogP contribution in [0.15, 0.2) is 97.2 Å². The third kappa shape index (κ3) is 27.7. The Bertz CT molecular complexity index is 1540. The summed E-state index contributed by atoms with van der Waals surface area (Å²) in [6, 6.07) is -0.936. The van der Waals surface area contributed by atoms with Gasteiger partial charge in [-0.15, -0.1) is 0 Å². The number of hydrogen-bond donors (Lipinski definition) is 9. The molecule has 1 amide bonds. The molecular weight excluding hydrogens is 895 g/mol. The minimum absolute atomic E-state index is 0.261. The minimum atomic E-state index is -1.79. The maximum atomic E-state index is 13.1. The topological polar surface area (TPSA) is 228 Å². The summed E-state index contributed by atoms with van der Waals surface area (Å²) in [6.45, 7) is 2.50. The highest BCUT2D eigenvalue weighted by Crippen LogP contribution is 2.30. The normalized spacial score (nSPS) is 26.8. The number of nitrogens with one attached hydrogen (secondary N) is 1. The number of hydrogen-bond acceptors (Lipinski definition) is 13. The molecule has 0 saturated carbocycles.